The number of hydrogen-bond acceptors (Lipinski definition) is 2. The highest BCUT2D eigenvalue weighted by molar-refractivity contribution is 7.99. The van der Waals surface area contributed by atoms with Gasteiger partial charge in [0.2, 0.25) is 0 Å². The van der Waals surface area contributed by atoms with Crippen LogP contribution >= 0.6 is 24.0 Å². The van der Waals surface area contributed by atoms with Crippen LogP contribution in [-0.2, 0) is 6.42 Å². The molecule has 0 spiro atoms. The van der Waals surface area contributed by atoms with Crippen molar-refractivity contribution in [1.82, 2.24) is 5.32 Å². The van der Waals surface area contributed by atoms with Crippen LogP contribution in [0.3, 0.4) is 0 Å². The topological polar surface area (TPSA) is 24.1 Å². The Morgan fingerprint density at radius 1 is 1.23 bits per heavy atom. The fourth-order valence-corrected chi connectivity index (χ4v) is 4.07. The van der Waals surface area contributed by atoms with Crippen LogP contribution < -0.4 is 10.6 Å². The molecule has 2 aromatic carbocycles. The van der Waals surface area contributed by atoms with Crippen molar-refractivity contribution < 1.29 is 0 Å². The molecule has 0 amide bonds. The first-order valence-electron chi connectivity index (χ1n) is 7.64. The van der Waals surface area contributed by atoms with Crippen LogP contribution in [0.15, 0.2) is 53.4 Å². The van der Waals surface area contributed by atoms with Crippen LogP contribution in [0.5, 0.6) is 0 Å². The highest BCUT2D eigenvalue weighted by Gasteiger charge is 2.20. The molecule has 0 bridgehead atoms. The minimum atomic E-state index is 0.298. The van der Waals surface area contributed by atoms with Crippen molar-refractivity contribution >= 4 is 34.8 Å². The second-order valence-electron chi connectivity index (χ2n) is 5.38. The molecule has 1 aliphatic heterocycles. The van der Waals surface area contributed by atoms with Gasteiger partial charge in [0.15, 0.2) is 5.11 Å². The second kappa shape index (κ2) is 7.16. The van der Waals surface area contributed by atoms with Gasteiger partial charge < -0.3 is 10.6 Å². The van der Waals surface area contributed by atoms with E-state index in [-0.39, 0.29) is 0 Å². The molecule has 22 heavy (non-hydrogen) atoms. The number of nitrogens with one attached hydrogen (secondary N) is 2. The van der Waals surface area contributed by atoms with Gasteiger partial charge in [0.25, 0.3) is 0 Å². The smallest absolute Gasteiger partial charge is 0.171 e. The van der Waals surface area contributed by atoms with Crippen LogP contribution in [0.25, 0.3) is 0 Å². The van der Waals surface area contributed by atoms with E-state index in [1.807, 2.05) is 11.8 Å². The molecule has 0 fully saturated rings. The van der Waals surface area contributed by atoms with Crippen molar-refractivity contribution in [3.8, 4) is 0 Å². The van der Waals surface area contributed by atoms with E-state index >= 15 is 0 Å². The fourth-order valence-electron chi connectivity index (χ4n) is 2.69. The lowest BCUT2D eigenvalue weighted by molar-refractivity contribution is 0.614. The quantitative estimate of drug-likeness (QED) is 0.792. The standard InChI is InChI=1S/C18H20N2S2/c1-2-13-6-5-7-14(12-13)19-18(21)20-16-10-11-22-17-9-4-3-8-15(16)17/h3-9,12,16H,2,10-11H2,1H3,(H2,19,20,21)/t16-/m1/s1. The number of aryl methyl sites for hydroxylation is 1. The summed E-state index contributed by atoms with van der Waals surface area (Å²) in [5.74, 6) is 1.13. The Labute approximate surface area is 141 Å². The van der Waals surface area contributed by atoms with Crippen molar-refractivity contribution in [2.45, 2.75) is 30.7 Å². The maximum absolute atomic E-state index is 5.50. The summed E-state index contributed by atoms with van der Waals surface area (Å²) in [6, 6.07) is 17.3. The Kier molecular flexibility index (Phi) is 5.01. The molecule has 114 valence electrons. The summed E-state index contributed by atoms with van der Waals surface area (Å²) in [6.07, 6.45) is 2.13. The van der Waals surface area contributed by atoms with E-state index in [0.717, 1.165) is 24.3 Å². The number of fused-ring (bicyclic) bond motifs is 1. The molecular formula is C18H20N2S2. The molecule has 2 aromatic rings. The summed E-state index contributed by atoms with van der Waals surface area (Å²) in [5.41, 5.74) is 3.72. The largest absolute Gasteiger partial charge is 0.356 e. The summed E-state index contributed by atoms with van der Waals surface area (Å²) < 4.78 is 0. The van der Waals surface area contributed by atoms with E-state index in [9.17, 15) is 0 Å². The van der Waals surface area contributed by atoms with Crippen LogP contribution in [-0.4, -0.2) is 10.9 Å². The summed E-state index contributed by atoms with van der Waals surface area (Å²) in [6.45, 7) is 2.16. The molecule has 1 atom stereocenters. The van der Waals surface area contributed by atoms with Crippen molar-refractivity contribution in [2.75, 3.05) is 11.1 Å². The van der Waals surface area contributed by atoms with E-state index in [1.165, 1.54) is 16.0 Å². The van der Waals surface area contributed by atoms with E-state index in [0.29, 0.717) is 11.2 Å². The summed E-state index contributed by atoms with van der Waals surface area (Å²) in [7, 11) is 0. The molecule has 3 rings (SSSR count). The molecule has 0 aromatic heterocycles. The number of hydrogen-bond donors (Lipinski definition) is 2. The van der Waals surface area contributed by atoms with Gasteiger partial charge in [0, 0.05) is 16.3 Å². The highest BCUT2D eigenvalue weighted by atomic mass is 32.2. The predicted octanol–water partition coefficient (Wildman–Crippen LogP) is 4.77. The molecule has 0 saturated carbocycles. The van der Waals surface area contributed by atoms with Gasteiger partial charge in [0.1, 0.15) is 0 Å². The van der Waals surface area contributed by atoms with Gasteiger partial charge in [-0.25, -0.2) is 0 Å². The van der Waals surface area contributed by atoms with Crippen molar-refractivity contribution in [3.05, 3.63) is 59.7 Å². The Morgan fingerprint density at radius 2 is 2.09 bits per heavy atom. The number of thioether (sulfide) groups is 1. The SMILES string of the molecule is CCc1cccc(NC(=S)N[C@@H]2CCSc3ccccc32)c1. The molecule has 0 aliphatic carbocycles. The second-order valence-corrected chi connectivity index (χ2v) is 6.92. The van der Waals surface area contributed by atoms with E-state index < -0.39 is 0 Å². The molecule has 4 heteroatoms. The lowest BCUT2D eigenvalue weighted by Gasteiger charge is -2.27. The molecule has 2 nitrogen and oxygen atoms in total. The van der Waals surface area contributed by atoms with Crippen molar-refractivity contribution in [3.63, 3.8) is 0 Å². The number of thiocarbonyl (C=S) groups is 1. The first-order valence-corrected chi connectivity index (χ1v) is 9.04. The molecule has 1 aliphatic rings. The van der Waals surface area contributed by atoms with Crippen molar-refractivity contribution in [1.29, 1.82) is 0 Å². The predicted molar refractivity (Wildman–Crippen MR) is 99.7 cm³/mol. The summed E-state index contributed by atoms with van der Waals surface area (Å²) in [4.78, 5) is 1.36. The van der Waals surface area contributed by atoms with Gasteiger partial charge in [-0.1, -0.05) is 37.3 Å². The zero-order valence-electron chi connectivity index (χ0n) is 12.6. The first-order chi connectivity index (χ1) is 10.8. The number of rotatable bonds is 3. The van der Waals surface area contributed by atoms with Gasteiger partial charge in [-0.2, -0.15) is 0 Å². The summed E-state index contributed by atoms with van der Waals surface area (Å²) >= 11 is 7.42. The average molecular weight is 329 g/mol. The highest BCUT2D eigenvalue weighted by Crippen LogP contribution is 2.35. The lowest BCUT2D eigenvalue weighted by Crippen LogP contribution is -2.33. The monoisotopic (exact) mass is 328 g/mol. The third-order valence-corrected chi connectivity index (χ3v) is 5.20. The van der Waals surface area contributed by atoms with E-state index in [2.05, 4.69) is 66.1 Å². The molecule has 1 heterocycles. The maximum Gasteiger partial charge on any atom is 0.171 e. The Morgan fingerprint density at radius 3 is 2.95 bits per heavy atom. The normalized spacial score (nSPS) is 16.7. The third kappa shape index (κ3) is 3.62. The van der Waals surface area contributed by atoms with Gasteiger partial charge in [-0.15, -0.1) is 11.8 Å². The number of benzene rings is 2. The van der Waals surface area contributed by atoms with E-state index in [1.54, 1.807) is 0 Å². The first kappa shape index (κ1) is 15.4. The number of anilines is 1. The Balaban J connectivity index is 1.67. The molecule has 0 radical (unpaired) electrons. The minimum absolute atomic E-state index is 0.298. The Bertz CT molecular complexity index is 670. The maximum atomic E-state index is 5.50. The van der Waals surface area contributed by atoms with Gasteiger partial charge in [-0.3, -0.25) is 0 Å². The van der Waals surface area contributed by atoms with Crippen LogP contribution in [0.2, 0.25) is 0 Å². The third-order valence-electron chi connectivity index (χ3n) is 3.86. The Hall–Kier alpha value is -1.52. The fraction of sp³-hybridized carbons (Fsp3) is 0.278. The molecule has 2 N–H and O–H groups in total. The zero-order chi connectivity index (χ0) is 15.4. The van der Waals surface area contributed by atoms with Gasteiger partial charge in [0.05, 0.1) is 6.04 Å². The zero-order valence-corrected chi connectivity index (χ0v) is 14.3. The molecule has 0 unspecified atom stereocenters. The van der Waals surface area contributed by atoms with Crippen LogP contribution in [0, 0.1) is 0 Å². The van der Waals surface area contributed by atoms with Crippen molar-refractivity contribution in [2.24, 2.45) is 0 Å². The summed E-state index contributed by atoms with van der Waals surface area (Å²) in [5, 5.41) is 7.47. The van der Waals surface area contributed by atoms with Crippen LogP contribution in [0.4, 0.5) is 5.69 Å². The average Bonchev–Trinajstić information content (AvgIpc) is 2.55. The molecule has 0 saturated heterocycles. The van der Waals surface area contributed by atoms with Crippen LogP contribution in [0.1, 0.15) is 30.5 Å². The van der Waals surface area contributed by atoms with Gasteiger partial charge >= 0.3 is 0 Å². The van der Waals surface area contributed by atoms with Gasteiger partial charge in [-0.05, 0) is 54.4 Å². The molecular weight excluding hydrogens is 308 g/mol. The minimum Gasteiger partial charge on any atom is -0.356 e. The lowest BCUT2D eigenvalue weighted by atomic mass is 10.0. The van der Waals surface area contributed by atoms with E-state index in [4.69, 9.17) is 12.2 Å².